The van der Waals surface area contributed by atoms with Gasteiger partial charge in [-0.05, 0) is 24.6 Å². The van der Waals surface area contributed by atoms with Crippen LogP contribution in [0.25, 0.3) is 11.0 Å². The Hall–Kier alpha value is -2.01. The molecule has 2 heterocycles. The van der Waals surface area contributed by atoms with E-state index in [1.807, 2.05) is 29.1 Å². The quantitative estimate of drug-likeness (QED) is 0.657. The summed E-state index contributed by atoms with van der Waals surface area (Å²) in [6.07, 6.45) is 4.73. The molecule has 0 atom stereocenters. The van der Waals surface area contributed by atoms with E-state index in [1.54, 1.807) is 13.3 Å². The molecule has 0 fully saturated rings. The number of aromatic nitrogens is 4. The van der Waals surface area contributed by atoms with E-state index in [9.17, 15) is 0 Å². The van der Waals surface area contributed by atoms with Crippen LogP contribution in [-0.2, 0) is 19.0 Å². The number of aryl methyl sites for hydroxylation is 2. The Labute approximate surface area is 128 Å². The third-order valence-corrected chi connectivity index (χ3v) is 3.73. The van der Waals surface area contributed by atoms with Crippen LogP contribution in [0.5, 0.6) is 5.75 Å². The maximum absolute atomic E-state index is 6.04. The molecule has 0 aliphatic carbocycles. The standard InChI is InChI=1S/C15H17ClN4O/c1-21-13-6-2-5-12-15(13)18-14(11-16)20(12)10-4-9-19-8-3-7-17-19/h2-3,5-8H,4,9-11H2,1H3. The molecule has 0 amide bonds. The van der Waals surface area contributed by atoms with Gasteiger partial charge in [0.15, 0.2) is 0 Å². The molecule has 2 aromatic heterocycles. The molecule has 5 nitrogen and oxygen atoms in total. The van der Waals surface area contributed by atoms with Crippen molar-refractivity contribution in [1.29, 1.82) is 0 Å². The number of hydrogen-bond acceptors (Lipinski definition) is 3. The van der Waals surface area contributed by atoms with Crippen LogP contribution in [0.4, 0.5) is 0 Å². The van der Waals surface area contributed by atoms with Crippen molar-refractivity contribution in [3.8, 4) is 5.75 Å². The molecule has 0 aliphatic heterocycles. The highest BCUT2D eigenvalue weighted by Gasteiger charge is 2.13. The van der Waals surface area contributed by atoms with Crippen molar-refractivity contribution in [2.24, 2.45) is 0 Å². The molecule has 0 bridgehead atoms. The highest BCUT2D eigenvalue weighted by atomic mass is 35.5. The van der Waals surface area contributed by atoms with Gasteiger partial charge in [-0.15, -0.1) is 11.6 Å². The molecule has 0 radical (unpaired) electrons. The second-order valence-corrected chi connectivity index (χ2v) is 5.03. The van der Waals surface area contributed by atoms with E-state index in [1.165, 1.54) is 0 Å². The molecule has 0 unspecified atom stereocenters. The van der Waals surface area contributed by atoms with E-state index >= 15 is 0 Å². The maximum atomic E-state index is 6.04. The Morgan fingerprint density at radius 3 is 2.86 bits per heavy atom. The van der Waals surface area contributed by atoms with Gasteiger partial charge in [-0.1, -0.05) is 6.07 Å². The molecule has 1 aromatic carbocycles. The molecule has 0 aliphatic rings. The number of rotatable bonds is 6. The number of ether oxygens (including phenoxy) is 1. The van der Waals surface area contributed by atoms with Gasteiger partial charge < -0.3 is 9.30 Å². The summed E-state index contributed by atoms with van der Waals surface area (Å²) < 4.78 is 9.46. The van der Waals surface area contributed by atoms with Crippen LogP contribution in [-0.4, -0.2) is 26.4 Å². The molecule has 0 saturated heterocycles. The minimum atomic E-state index is 0.388. The average molecular weight is 305 g/mol. The summed E-state index contributed by atoms with van der Waals surface area (Å²) in [5, 5.41) is 4.21. The smallest absolute Gasteiger partial charge is 0.146 e. The number of methoxy groups -OCH3 is 1. The molecular formula is C15H17ClN4O. The SMILES string of the molecule is COc1cccc2c1nc(CCl)n2CCCn1cccn1. The van der Waals surface area contributed by atoms with Crippen LogP contribution in [0, 0.1) is 0 Å². The number of para-hydroxylation sites is 1. The minimum Gasteiger partial charge on any atom is -0.494 e. The largest absolute Gasteiger partial charge is 0.494 e. The molecule has 110 valence electrons. The second kappa shape index (κ2) is 6.18. The summed E-state index contributed by atoms with van der Waals surface area (Å²) in [7, 11) is 1.66. The lowest BCUT2D eigenvalue weighted by molar-refractivity contribution is 0.419. The van der Waals surface area contributed by atoms with E-state index in [-0.39, 0.29) is 0 Å². The number of benzene rings is 1. The van der Waals surface area contributed by atoms with Gasteiger partial charge in [0.05, 0.1) is 18.5 Å². The lowest BCUT2D eigenvalue weighted by Crippen LogP contribution is -2.06. The van der Waals surface area contributed by atoms with Crippen molar-refractivity contribution in [1.82, 2.24) is 19.3 Å². The van der Waals surface area contributed by atoms with Gasteiger partial charge in [-0.3, -0.25) is 4.68 Å². The Bertz CT molecular complexity index is 721. The summed E-state index contributed by atoms with van der Waals surface area (Å²) in [5.41, 5.74) is 1.93. The Morgan fingerprint density at radius 1 is 1.24 bits per heavy atom. The molecule has 0 spiro atoms. The van der Waals surface area contributed by atoms with E-state index in [4.69, 9.17) is 16.3 Å². The van der Waals surface area contributed by atoms with Crippen LogP contribution >= 0.6 is 11.6 Å². The zero-order chi connectivity index (χ0) is 14.7. The summed E-state index contributed by atoms with van der Waals surface area (Å²) in [5.74, 6) is 2.04. The molecule has 0 N–H and O–H groups in total. The van der Waals surface area contributed by atoms with Crippen molar-refractivity contribution in [3.05, 3.63) is 42.5 Å². The Kier molecular flexibility index (Phi) is 4.10. The first-order valence-corrected chi connectivity index (χ1v) is 7.42. The van der Waals surface area contributed by atoms with Crippen molar-refractivity contribution < 1.29 is 4.74 Å². The summed E-state index contributed by atoms with van der Waals surface area (Å²) >= 11 is 6.04. The van der Waals surface area contributed by atoms with Crippen molar-refractivity contribution in [3.63, 3.8) is 0 Å². The first-order valence-electron chi connectivity index (χ1n) is 6.89. The highest BCUT2D eigenvalue weighted by molar-refractivity contribution is 6.16. The van der Waals surface area contributed by atoms with Gasteiger partial charge in [-0.2, -0.15) is 5.10 Å². The summed E-state index contributed by atoms with van der Waals surface area (Å²) in [6.45, 7) is 1.73. The van der Waals surface area contributed by atoms with Crippen LogP contribution in [0.2, 0.25) is 0 Å². The molecule has 0 saturated carbocycles. The van der Waals surface area contributed by atoms with Crippen LogP contribution < -0.4 is 4.74 Å². The van der Waals surface area contributed by atoms with Crippen molar-refractivity contribution in [2.75, 3.05) is 7.11 Å². The molecular weight excluding hydrogens is 288 g/mol. The number of hydrogen-bond donors (Lipinski definition) is 0. The van der Waals surface area contributed by atoms with E-state index < -0.39 is 0 Å². The first kappa shape index (κ1) is 13.9. The molecule has 6 heteroatoms. The summed E-state index contributed by atoms with van der Waals surface area (Å²) in [4.78, 5) is 4.60. The molecule has 3 rings (SSSR count). The summed E-state index contributed by atoms with van der Waals surface area (Å²) in [6, 6.07) is 7.88. The number of alkyl halides is 1. The van der Waals surface area contributed by atoms with Crippen molar-refractivity contribution in [2.45, 2.75) is 25.4 Å². The number of fused-ring (bicyclic) bond motifs is 1. The molecule has 3 aromatic rings. The van der Waals surface area contributed by atoms with E-state index in [0.717, 1.165) is 42.1 Å². The van der Waals surface area contributed by atoms with Crippen LogP contribution in [0.15, 0.2) is 36.7 Å². The van der Waals surface area contributed by atoms with E-state index in [0.29, 0.717) is 5.88 Å². The number of nitrogens with zero attached hydrogens (tertiary/aromatic N) is 4. The third-order valence-electron chi connectivity index (χ3n) is 3.49. The fourth-order valence-corrected chi connectivity index (χ4v) is 2.71. The predicted molar refractivity (Wildman–Crippen MR) is 82.7 cm³/mol. The number of imidazole rings is 1. The van der Waals surface area contributed by atoms with Gasteiger partial charge in [0.1, 0.15) is 17.1 Å². The number of halogens is 1. The minimum absolute atomic E-state index is 0.388. The van der Waals surface area contributed by atoms with Gasteiger partial charge in [0.25, 0.3) is 0 Å². The Balaban J connectivity index is 1.86. The zero-order valence-electron chi connectivity index (χ0n) is 11.9. The first-order chi connectivity index (χ1) is 10.3. The van der Waals surface area contributed by atoms with Gasteiger partial charge in [-0.25, -0.2) is 4.98 Å². The lowest BCUT2D eigenvalue weighted by Gasteiger charge is -2.08. The van der Waals surface area contributed by atoms with Gasteiger partial charge >= 0.3 is 0 Å². The van der Waals surface area contributed by atoms with Crippen molar-refractivity contribution >= 4 is 22.6 Å². The Morgan fingerprint density at radius 2 is 2.14 bits per heavy atom. The predicted octanol–water partition coefficient (Wildman–Crippen LogP) is 3.07. The maximum Gasteiger partial charge on any atom is 0.146 e. The average Bonchev–Trinajstić information content (AvgIpc) is 3.14. The third kappa shape index (κ3) is 2.74. The normalized spacial score (nSPS) is 11.1. The zero-order valence-corrected chi connectivity index (χ0v) is 12.6. The van der Waals surface area contributed by atoms with E-state index in [2.05, 4.69) is 20.7 Å². The second-order valence-electron chi connectivity index (χ2n) is 4.76. The monoisotopic (exact) mass is 304 g/mol. The lowest BCUT2D eigenvalue weighted by atomic mass is 10.3. The topological polar surface area (TPSA) is 44.9 Å². The fourth-order valence-electron chi connectivity index (χ4n) is 2.51. The fraction of sp³-hybridized carbons (Fsp3) is 0.333. The van der Waals surface area contributed by atoms with Gasteiger partial charge in [0.2, 0.25) is 0 Å². The van der Waals surface area contributed by atoms with Gasteiger partial charge in [0, 0.05) is 25.5 Å². The van der Waals surface area contributed by atoms with Crippen LogP contribution in [0.3, 0.4) is 0 Å². The molecule has 21 heavy (non-hydrogen) atoms. The van der Waals surface area contributed by atoms with Crippen LogP contribution in [0.1, 0.15) is 12.2 Å². The highest BCUT2D eigenvalue weighted by Crippen LogP contribution is 2.26.